The zero-order valence-electron chi connectivity index (χ0n) is 7.77. The molecule has 0 amide bonds. The third kappa shape index (κ3) is 3.28. The molecule has 0 saturated carbocycles. The molecular formula is C8H8O7S. The van der Waals surface area contributed by atoms with E-state index in [1.165, 1.54) is 0 Å². The van der Waals surface area contributed by atoms with Crippen LogP contribution in [-0.4, -0.2) is 34.8 Å². The minimum Gasteiger partial charge on any atom is -0.442 e. The average molecular weight is 248 g/mol. The summed E-state index contributed by atoms with van der Waals surface area (Å²) in [4.78, 5) is 11.0. The summed E-state index contributed by atoms with van der Waals surface area (Å²) in [7, 11) is -4.77. The van der Waals surface area contributed by atoms with Gasteiger partial charge in [-0.1, -0.05) is 0 Å². The molecule has 1 aromatic carbocycles. The van der Waals surface area contributed by atoms with Crippen LogP contribution in [0.25, 0.3) is 0 Å². The lowest BCUT2D eigenvalue weighted by atomic mass is 10.2. The van der Waals surface area contributed by atoms with E-state index in [4.69, 9.17) is 14.8 Å². The summed E-state index contributed by atoms with van der Waals surface area (Å²) in [6, 6.07) is 4.43. The highest BCUT2D eigenvalue weighted by molar-refractivity contribution is 8.01. The molecule has 0 aliphatic carbocycles. The molecule has 0 aromatic heterocycles. The molecule has 0 spiro atoms. The number of hydrogen-bond donors (Lipinski definition) is 3. The first-order chi connectivity index (χ1) is 7.30. The van der Waals surface area contributed by atoms with E-state index in [2.05, 4.69) is 4.74 Å². The molecule has 7 nitrogen and oxygen atoms in total. The van der Waals surface area contributed by atoms with E-state index in [0.29, 0.717) is 0 Å². The lowest BCUT2D eigenvalue weighted by Crippen LogP contribution is -2.15. The van der Waals surface area contributed by atoms with E-state index in [1.807, 2.05) is 0 Å². The van der Waals surface area contributed by atoms with Gasteiger partial charge in [0.1, 0.15) is 5.75 Å². The second-order valence-electron chi connectivity index (χ2n) is 2.73. The van der Waals surface area contributed by atoms with E-state index >= 15 is 0 Å². The standard InChI is InChI=1S/C8H8O7S/c9-7(16(12,13)14)5-1-3-6(4-2-5)15-8(10)11/h1-4,8,10-11H,(H,12,13,14). The number of benzene rings is 1. The Bertz CT molecular complexity index is 474. The summed E-state index contributed by atoms with van der Waals surface area (Å²) >= 11 is 0. The van der Waals surface area contributed by atoms with E-state index in [-0.39, 0.29) is 11.3 Å². The zero-order chi connectivity index (χ0) is 12.3. The van der Waals surface area contributed by atoms with Gasteiger partial charge in [-0.2, -0.15) is 8.42 Å². The summed E-state index contributed by atoms with van der Waals surface area (Å²) in [6.45, 7) is -2.01. The van der Waals surface area contributed by atoms with E-state index in [0.717, 1.165) is 24.3 Å². The van der Waals surface area contributed by atoms with Crippen molar-refractivity contribution in [2.45, 2.75) is 6.48 Å². The van der Waals surface area contributed by atoms with Crippen LogP contribution in [0.5, 0.6) is 5.75 Å². The first-order valence-corrected chi connectivity index (χ1v) is 5.39. The summed E-state index contributed by atoms with van der Waals surface area (Å²) in [5.74, 6) is 0.0295. The number of carbonyl (C=O) groups excluding carboxylic acids is 1. The molecule has 0 unspecified atom stereocenters. The predicted molar refractivity (Wildman–Crippen MR) is 51.2 cm³/mol. The van der Waals surface area contributed by atoms with Gasteiger partial charge in [-0.25, -0.2) is 0 Å². The quantitative estimate of drug-likeness (QED) is 0.480. The summed E-state index contributed by atoms with van der Waals surface area (Å²) < 4.78 is 33.9. The van der Waals surface area contributed by atoms with Crippen LogP contribution in [0.15, 0.2) is 24.3 Å². The minimum absolute atomic E-state index is 0.0295. The number of ether oxygens (including phenoxy) is 1. The van der Waals surface area contributed by atoms with Gasteiger partial charge < -0.3 is 14.9 Å². The molecule has 0 fully saturated rings. The fraction of sp³-hybridized carbons (Fsp3) is 0.125. The molecule has 1 rings (SSSR count). The van der Waals surface area contributed by atoms with Crippen LogP contribution < -0.4 is 4.74 Å². The topological polar surface area (TPSA) is 121 Å². The largest absolute Gasteiger partial charge is 0.442 e. The third-order valence-corrected chi connectivity index (χ3v) is 2.27. The Morgan fingerprint density at radius 2 is 1.69 bits per heavy atom. The minimum atomic E-state index is -4.77. The van der Waals surface area contributed by atoms with E-state index in [1.54, 1.807) is 0 Å². The number of aliphatic hydroxyl groups excluding tert-OH is 1. The van der Waals surface area contributed by atoms with Crippen LogP contribution >= 0.6 is 0 Å². The van der Waals surface area contributed by atoms with Crippen LogP contribution in [0.1, 0.15) is 10.4 Å². The number of hydrogen-bond acceptors (Lipinski definition) is 6. The van der Waals surface area contributed by atoms with Gasteiger partial charge in [0.25, 0.3) is 0 Å². The second kappa shape index (κ2) is 4.58. The summed E-state index contributed by atoms with van der Waals surface area (Å²) in [5.41, 5.74) is -0.262. The van der Waals surface area contributed by atoms with Crippen molar-refractivity contribution in [3.63, 3.8) is 0 Å². The van der Waals surface area contributed by atoms with Crippen molar-refractivity contribution >= 4 is 15.2 Å². The highest BCUT2D eigenvalue weighted by Crippen LogP contribution is 2.14. The highest BCUT2D eigenvalue weighted by atomic mass is 32.2. The molecule has 0 radical (unpaired) electrons. The molecule has 0 saturated heterocycles. The zero-order valence-corrected chi connectivity index (χ0v) is 8.59. The average Bonchev–Trinajstić information content (AvgIpc) is 2.15. The Kier molecular flexibility index (Phi) is 3.60. The Morgan fingerprint density at radius 3 is 2.06 bits per heavy atom. The van der Waals surface area contributed by atoms with Gasteiger partial charge >= 0.3 is 21.7 Å². The van der Waals surface area contributed by atoms with E-state index < -0.39 is 21.7 Å². The Balaban J connectivity index is 2.92. The normalized spacial score (nSPS) is 11.5. The molecule has 8 heteroatoms. The molecule has 0 atom stereocenters. The van der Waals surface area contributed by atoms with Crippen LogP contribution in [0.4, 0.5) is 0 Å². The van der Waals surface area contributed by atoms with Gasteiger partial charge in [-0.05, 0) is 24.3 Å². The first kappa shape index (κ1) is 12.6. The van der Waals surface area contributed by atoms with Crippen molar-refractivity contribution in [3.05, 3.63) is 29.8 Å². The molecule has 3 N–H and O–H groups in total. The molecular weight excluding hydrogens is 240 g/mol. The predicted octanol–water partition coefficient (Wildman–Crippen LogP) is -0.638. The number of rotatable bonds is 3. The Morgan fingerprint density at radius 1 is 1.19 bits per heavy atom. The maximum atomic E-state index is 11.0. The van der Waals surface area contributed by atoms with Gasteiger partial charge in [0, 0.05) is 5.56 Å². The first-order valence-electron chi connectivity index (χ1n) is 3.95. The van der Waals surface area contributed by atoms with Crippen LogP contribution in [0, 0.1) is 0 Å². The van der Waals surface area contributed by atoms with Crippen molar-refractivity contribution < 1.29 is 32.7 Å². The summed E-state index contributed by atoms with van der Waals surface area (Å²) in [6.07, 6.45) is 0. The second-order valence-corrected chi connectivity index (χ2v) is 4.05. The smallest absolute Gasteiger partial charge is 0.333 e. The SMILES string of the molecule is O=C(c1ccc(OC(O)O)cc1)S(=O)(=O)O. The summed E-state index contributed by atoms with van der Waals surface area (Å²) in [5, 5.41) is 15.4. The van der Waals surface area contributed by atoms with Crippen molar-refractivity contribution in [1.29, 1.82) is 0 Å². The van der Waals surface area contributed by atoms with Crippen LogP contribution in [0.3, 0.4) is 0 Å². The van der Waals surface area contributed by atoms with Gasteiger partial charge in [-0.15, -0.1) is 0 Å². The molecule has 88 valence electrons. The maximum Gasteiger partial charge on any atom is 0.333 e. The van der Waals surface area contributed by atoms with Gasteiger partial charge in [0.15, 0.2) is 0 Å². The highest BCUT2D eigenvalue weighted by Gasteiger charge is 2.20. The van der Waals surface area contributed by atoms with E-state index in [9.17, 15) is 13.2 Å². The van der Waals surface area contributed by atoms with Gasteiger partial charge in [-0.3, -0.25) is 9.35 Å². The molecule has 0 aliphatic rings. The van der Waals surface area contributed by atoms with Crippen molar-refractivity contribution in [1.82, 2.24) is 0 Å². The van der Waals surface area contributed by atoms with Crippen LogP contribution in [0.2, 0.25) is 0 Å². The number of aliphatic hydroxyl groups is 2. The van der Waals surface area contributed by atoms with Gasteiger partial charge in [0.05, 0.1) is 0 Å². The lowest BCUT2D eigenvalue weighted by Gasteiger charge is -2.07. The molecule has 0 aliphatic heterocycles. The fourth-order valence-electron chi connectivity index (χ4n) is 0.940. The Hall–Kier alpha value is -1.48. The lowest BCUT2D eigenvalue weighted by molar-refractivity contribution is -0.179. The maximum absolute atomic E-state index is 11.0. The van der Waals surface area contributed by atoms with Crippen molar-refractivity contribution in [2.75, 3.05) is 0 Å². The fourth-order valence-corrected chi connectivity index (χ4v) is 1.37. The van der Waals surface area contributed by atoms with Crippen molar-refractivity contribution in [3.8, 4) is 5.75 Å². The van der Waals surface area contributed by atoms with Crippen LogP contribution in [-0.2, 0) is 10.1 Å². The van der Waals surface area contributed by atoms with Gasteiger partial charge in [0.2, 0.25) is 0 Å². The third-order valence-electron chi connectivity index (χ3n) is 1.57. The molecule has 16 heavy (non-hydrogen) atoms. The molecule has 0 bridgehead atoms. The number of carbonyl (C=O) groups is 1. The molecule has 0 heterocycles. The monoisotopic (exact) mass is 248 g/mol. The van der Waals surface area contributed by atoms with Crippen molar-refractivity contribution in [2.24, 2.45) is 0 Å². The molecule has 1 aromatic rings. The Labute approximate surface area is 90.7 Å².